The Morgan fingerprint density at radius 2 is 1.76 bits per heavy atom. The average Bonchev–Trinajstić information content (AvgIpc) is 3.38. The lowest BCUT2D eigenvalue weighted by Crippen LogP contribution is -2.37. The minimum atomic E-state index is -0.0220. The fourth-order valence-electron chi connectivity index (χ4n) is 5.96. The van der Waals surface area contributed by atoms with Crippen molar-refractivity contribution in [3.05, 3.63) is 83.4 Å². The first-order chi connectivity index (χ1) is 16.7. The van der Waals surface area contributed by atoms with E-state index in [0.29, 0.717) is 12.0 Å². The number of carbonyl (C=O) groups is 1. The molecular weight excluding hydrogens is 420 g/mol. The second-order valence-corrected chi connectivity index (χ2v) is 10.0. The molecule has 3 unspecified atom stereocenters. The fourth-order valence-corrected chi connectivity index (χ4v) is 5.96. The number of carbonyl (C=O) groups excluding carboxylic acids is 1. The van der Waals surface area contributed by atoms with E-state index < -0.39 is 0 Å². The predicted molar refractivity (Wildman–Crippen MR) is 138 cm³/mol. The molecule has 4 nitrogen and oxygen atoms in total. The summed E-state index contributed by atoms with van der Waals surface area (Å²) in [5.41, 5.74) is 3.50. The maximum Gasteiger partial charge on any atom is 0.254 e. The number of rotatable bonds is 7. The van der Waals surface area contributed by atoms with Crippen molar-refractivity contribution in [1.29, 1.82) is 0 Å². The zero-order chi connectivity index (χ0) is 23.3. The Kier molecular flexibility index (Phi) is 7.27. The van der Waals surface area contributed by atoms with Crippen molar-refractivity contribution in [2.24, 2.45) is 0 Å². The van der Waals surface area contributed by atoms with Gasteiger partial charge in [0.2, 0.25) is 0 Å². The smallest absolute Gasteiger partial charge is 0.254 e. The number of aliphatic hydroxyl groups is 1. The summed E-state index contributed by atoms with van der Waals surface area (Å²) in [6.07, 6.45) is 7.77. The largest absolute Gasteiger partial charge is 0.394 e. The van der Waals surface area contributed by atoms with Gasteiger partial charge in [-0.25, -0.2) is 0 Å². The number of likely N-dealkylation sites (tertiary alicyclic amines) is 1. The van der Waals surface area contributed by atoms with Crippen LogP contribution in [0.1, 0.15) is 65.9 Å². The Bertz CT molecular complexity index is 1100. The summed E-state index contributed by atoms with van der Waals surface area (Å²) < 4.78 is 0. The average molecular weight is 457 g/mol. The van der Waals surface area contributed by atoms with Crippen molar-refractivity contribution in [2.75, 3.05) is 19.7 Å². The third kappa shape index (κ3) is 5.03. The van der Waals surface area contributed by atoms with Crippen LogP contribution in [0.5, 0.6) is 0 Å². The van der Waals surface area contributed by atoms with Gasteiger partial charge in [-0.2, -0.15) is 0 Å². The molecule has 1 aliphatic carbocycles. The molecule has 1 saturated heterocycles. The molecule has 1 amide bonds. The molecule has 1 saturated carbocycles. The molecule has 0 bridgehead atoms. The first-order valence-corrected chi connectivity index (χ1v) is 12.9. The number of fused-ring (bicyclic) bond motifs is 1. The van der Waals surface area contributed by atoms with Crippen LogP contribution >= 0.6 is 0 Å². The van der Waals surface area contributed by atoms with Gasteiger partial charge >= 0.3 is 0 Å². The van der Waals surface area contributed by atoms with Crippen molar-refractivity contribution in [1.82, 2.24) is 10.2 Å². The Balaban J connectivity index is 1.16. The molecule has 0 spiro atoms. The fraction of sp³-hybridized carbons (Fsp3) is 0.433. The van der Waals surface area contributed by atoms with Crippen molar-refractivity contribution in [3.8, 4) is 0 Å². The Hall–Kier alpha value is -2.69. The van der Waals surface area contributed by atoms with Crippen molar-refractivity contribution in [3.63, 3.8) is 0 Å². The minimum Gasteiger partial charge on any atom is -0.394 e. The Labute approximate surface area is 203 Å². The zero-order valence-electron chi connectivity index (χ0n) is 20.0. The van der Waals surface area contributed by atoms with E-state index in [9.17, 15) is 9.90 Å². The van der Waals surface area contributed by atoms with E-state index in [2.05, 4.69) is 59.9 Å². The first-order valence-electron chi connectivity index (χ1n) is 12.9. The number of benzene rings is 3. The van der Waals surface area contributed by atoms with Crippen LogP contribution in [-0.2, 0) is 6.42 Å². The lowest BCUT2D eigenvalue weighted by Gasteiger charge is -2.30. The summed E-state index contributed by atoms with van der Waals surface area (Å²) in [5, 5.41) is 16.1. The second kappa shape index (κ2) is 10.7. The highest BCUT2D eigenvalue weighted by Crippen LogP contribution is 2.33. The highest BCUT2D eigenvalue weighted by Gasteiger charge is 2.29. The number of aliphatic hydroxyl groups excluding tert-OH is 1. The van der Waals surface area contributed by atoms with Gasteiger partial charge in [0.15, 0.2) is 0 Å². The number of hydrogen-bond acceptors (Lipinski definition) is 3. The molecule has 2 N–H and O–H groups in total. The Morgan fingerprint density at radius 3 is 2.62 bits per heavy atom. The topological polar surface area (TPSA) is 52.6 Å². The second-order valence-electron chi connectivity index (χ2n) is 10.0. The number of nitrogens with one attached hydrogen (secondary N) is 1. The van der Waals surface area contributed by atoms with Crippen LogP contribution < -0.4 is 5.32 Å². The zero-order valence-corrected chi connectivity index (χ0v) is 20.0. The molecule has 0 radical (unpaired) electrons. The number of nitrogens with zero attached hydrogens (tertiary/aromatic N) is 1. The van der Waals surface area contributed by atoms with E-state index in [1.54, 1.807) is 0 Å². The maximum atomic E-state index is 12.9. The molecule has 1 heterocycles. The first kappa shape index (κ1) is 23.1. The molecule has 34 heavy (non-hydrogen) atoms. The van der Waals surface area contributed by atoms with Crippen LogP contribution in [0, 0.1) is 0 Å². The number of hydrogen-bond donors (Lipinski definition) is 2. The van der Waals surface area contributed by atoms with Gasteiger partial charge in [0.1, 0.15) is 0 Å². The molecule has 2 fully saturated rings. The van der Waals surface area contributed by atoms with Gasteiger partial charge in [0.05, 0.1) is 12.6 Å². The van der Waals surface area contributed by atoms with Crippen LogP contribution in [0.2, 0.25) is 0 Å². The highest BCUT2D eigenvalue weighted by atomic mass is 16.3. The van der Waals surface area contributed by atoms with Gasteiger partial charge in [-0.1, -0.05) is 61.0 Å². The molecule has 0 aromatic heterocycles. The van der Waals surface area contributed by atoms with Crippen molar-refractivity contribution < 1.29 is 9.90 Å². The van der Waals surface area contributed by atoms with Crippen LogP contribution in [-0.4, -0.2) is 47.7 Å². The maximum absolute atomic E-state index is 12.9. The lowest BCUT2D eigenvalue weighted by molar-refractivity contribution is 0.0677. The van der Waals surface area contributed by atoms with E-state index in [-0.39, 0.29) is 18.6 Å². The van der Waals surface area contributed by atoms with E-state index >= 15 is 0 Å². The molecule has 4 heteroatoms. The molecule has 3 aromatic rings. The van der Waals surface area contributed by atoms with E-state index in [4.69, 9.17) is 0 Å². The molecule has 5 rings (SSSR count). The van der Waals surface area contributed by atoms with Gasteiger partial charge < -0.3 is 15.3 Å². The summed E-state index contributed by atoms with van der Waals surface area (Å²) in [6, 6.07) is 24.1. The van der Waals surface area contributed by atoms with E-state index in [0.717, 1.165) is 44.3 Å². The summed E-state index contributed by atoms with van der Waals surface area (Å²) >= 11 is 0. The van der Waals surface area contributed by atoms with Crippen LogP contribution in [0.4, 0.5) is 0 Å². The van der Waals surface area contributed by atoms with Crippen LogP contribution in [0.15, 0.2) is 66.7 Å². The monoisotopic (exact) mass is 456 g/mol. The molecule has 178 valence electrons. The van der Waals surface area contributed by atoms with Crippen LogP contribution in [0.25, 0.3) is 10.8 Å². The van der Waals surface area contributed by atoms with Gasteiger partial charge in [-0.05, 0) is 85.0 Å². The SMILES string of the molecule is O=C(c1ccc(C2CCCC(NCCc3cccc4ccccc34)C2)cc1)N1CCCC1CO. The minimum absolute atomic E-state index is 0.0220. The lowest BCUT2D eigenvalue weighted by atomic mass is 9.81. The normalized spacial score (nSPS) is 22.9. The van der Waals surface area contributed by atoms with Gasteiger partial charge in [0, 0.05) is 18.2 Å². The van der Waals surface area contributed by atoms with Gasteiger partial charge in [0.25, 0.3) is 5.91 Å². The third-order valence-corrected chi connectivity index (χ3v) is 7.86. The van der Waals surface area contributed by atoms with Gasteiger partial charge in [-0.3, -0.25) is 4.79 Å². The third-order valence-electron chi connectivity index (χ3n) is 7.86. The summed E-state index contributed by atoms with van der Waals surface area (Å²) in [5.74, 6) is 0.602. The Morgan fingerprint density at radius 1 is 0.941 bits per heavy atom. The van der Waals surface area contributed by atoms with Crippen LogP contribution in [0.3, 0.4) is 0 Å². The standard InChI is InChI=1S/C30H36N2O2/c33-21-28-11-5-19-32(28)30(34)25-15-13-22(14-16-25)26-9-4-10-27(20-26)31-18-17-24-8-3-7-23-6-1-2-12-29(23)24/h1-3,6-8,12-16,26-28,31,33H,4-5,9-11,17-21H2. The molecule has 3 aromatic carbocycles. The molecule has 2 aliphatic rings. The van der Waals surface area contributed by atoms with Crippen molar-refractivity contribution in [2.45, 2.75) is 62.9 Å². The highest BCUT2D eigenvalue weighted by molar-refractivity contribution is 5.94. The van der Waals surface area contributed by atoms with E-state index in [1.807, 2.05) is 17.0 Å². The summed E-state index contributed by atoms with van der Waals surface area (Å²) in [4.78, 5) is 14.7. The molecule has 1 aliphatic heterocycles. The summed E-state index contributed by atoms with van der Waals surface area (Å²) in [6.45, 7) is 1.81. The molecular formula is C30H36N2O2. The van der Waals surface area contributed by atoms with E-state index in [1.165, 1.54) is 41.2 Å². The quantitative estimate of drug-likeness (QED) is 0.508. The predicted octanol–water partition coefficient (Wildman–Crippen LogP) is 5.30. The van der Waals surface area contributed by atoms with Crippen molar-refractivity contribution >= 4 is 16.7 Å². The summed E-state index contributed by atoms with van der Waals surface area (Å²) in [7, 11) is 0. The number of amides is 1. The van der Waals surface area contributed by atoms with Gasteiger partial charge in [-0.15, -0.1) is 0 Å². The molecule has 3 atom stereocenters.